The van der Waals surface area contributed by atoms with E-state index >= 15 is 0 Å². The van der Waals surface area contributed by atoms with Crippen molar-refractivity contribution in [3.63, 3.8) is 0 Å². The van der Waals surface area contributed by atoms with Crippen LogP contribution in [0, 0.1) is 6.58 Å². The van der Waals surface area contributed by atoms with Crippen LogP contribution >= 0.6 is 0 Å². The quantitative estimate of drug-likeness (QED) is 0.392. The van der Waals surface area contributed by atoms with Gasteiger partial charge in [0.1, 0.15) is 0 Å². The Labute approximate surface area is 62.7 Å². The van der Waals surface area contributed by atoms with Gasteiger partial charge in [-0.3, -0.25) is 4.99 Å². The molecule has 0 saturated carbocycles. The average Bonchev–Trinajstić information content (AvgIpc) is 1.41. The Morgan fingerprint density at radius 1 is 1.83 bits per heavy atom. The predicted molar refractivity (Wildman–Crippen MR) is 21.9 cm³/mol. The van der Waals surface area contributed by atoms with Crippen LogP contribution in [-0.4, -0.2) is 5.87 Å². The maximum absolute atomic E-state index is 4.74. The van der Waals surface area contributed by atoms with Crippen molar-refractivity contribution in [2.24, 2.45) is 4.99 Å². The molecule has 1 nitrogen and oxygen atoms in total. The number of aliphatic imine (C=N–C) groups is 1. The molecule has 2 heteroatoms. The summed E-state index contributed by atoms with van der Waals surface area (Å²) in [6.45, 7) is 7.89. The Hall–Kier alpha value is 0.294. The van der Waals surface area contributed by atoms with Crippen LogP contribution in [0.1, 0.15) is 0 Å². The minimum absolute atomic E-state index is 0. The molecule has 0 heterocycles. The summed E-state index contributed by atoms with van der Waals surface area (Å²) in [7, 11) is 0. The van der Waals surface area contributed by atoms with E-state index in [1.165, 1.54) is 0 Å². The van der Waals surface area contributed by atoms with Gasteiger partial charge in [-0.15, -0.1) is 6.20 Å². The summed E-state index contributed by atoms with van der Waals surface area (Å²) < 4.78 is 0. The van der Waals surface area contributed by atoms with Gasteiger partial charge in [-0.1, -0.05) is 0 Å². The van der Waals surface area contributed by atoms with Gasteiger partial charge in [0.2, 0.25) is 0 Å². The zero-order valence-electron chi connectivity index (χ0n) is 3.39. The van der Waals surface area contributed by atoms with Crippen LogP contribution in [0.15, 0.2) is 17.8 Å². The Balaban J connectivity index is 0. The van der Waals surface area contributed by atoms with Gasteiger partial charge in [-0.25, -0.2) is 0 Å². The van der Waals surface area contributed by atoms with Gasteiger partial charge >= 0.3 is 0 Å². The third-order valence-electron chi connectivity index (χ3n) is 0.166. The summed E-state index contributed by atoms with van der Waals surface area (Å²) in [6.07, 6.45) is 1.13. The number of hydrogen-bond donors (Lipinski definition) is 0. The van der Waals surface area contributed by atoms with E-state index in [1.807, 2.05) is 0 Å². The van der Waals surface area contributed by atoms with Crippen molar-refractivity contribution in [3.8, 4) is 0 Å². The summed E-state index contributed by atoms with van der Waals surface area (Å²) >= 11 is 0. The van der Waals surface area contributed by atoms with Crippen LogP contribution < -0.4 is 0 Å². The van der Waals surface area contributed by atoms with E-state index in [0.29, 0.717) is 0 Å². The first kappa shape index (κ1) is 9.57. The van der Waals surface area contributed by atoms with Crippen molar-refractivity contribution in [1.82, 2.24) is 0 Å². The van der Waals surface area contributed by atoms with Gasteiger partial charge in [0.15, 0.2) is 0 Å². The van der Waals surface area contributed by atoms with Crippen molar-refractivity contribution < 1.29 is 32.7 Å². The summed E-state index contributed by atoms with van der Waals surface area (Å²) in [5, 5.41) is 0. The minimum atomic E-state index is 0. The molecule has 1 radical (unpaired) electrons. The van der Waals surface area contributed by atoms with Crippen LogP contribution in [0.4, 0.5) is 0 Å². The molecule has 0 atom stereocenters. The Bertz CT molecular complexity index is 71.6. The fourth-order valence-corrected chi connectivity index (χ4v) is 0.0527. The largest absolute Gasteiger partial charge is 0.494 e. The smallest absolute Gasteiger partial charge is 0 e. The molecule has 0 rings (SSSR count). The topological polar surface area (TPSA) is 12.4 Å². The molecule has 0 bridgehead atoms. The second kappa shape index (κ2) is 9.00. The van der Waals surface area contributed by atoms with Crippen molar-refractivity contribution >= 4 is 5.87 Å². The van der Waals surface area contributed by atoms with E-state index in [4.69, 9.17) is 6.58 Å². The third kappa shape index (κ3) is 8.85. The first-order chi connectivity index (χ1) is 2.41. The summed E-state index contributed by atoms with van der Waals surface area (Å²) in [5.74, 6) is 2.21. The molecule has 29 valence electrons. The molecular formula is C4H4NY-. The molecular weight excluding hydrogens is 151 g/mol. The Morgan fingerprint density at radius 2 is 2.33 bits per heavy atom. The van der Waals surface area contributed by atoms with Crippen LogP contribution in [0.25, 0.3) is 0 Å². The van der Waals surface area contributed by atoms with E-state index in [9.17, 15) is 0 Å². The monoisotopic (exact) mass is 155 g/mol. The molecule has 0 aliphatic rings. The van der Waals surface area contributed by atoms with Gasteiger partial charge < -0.3 is 6.58 Å². The maximum Gasteiger partial charge on any atom is 0 e. The van der Waals surface area contributed by atoms with E-state index in [0.717, 1.165) is 6.20 Å². The normalized spacial score (nSPS) is 4.00. The second-order valence-corrected chi connectivity index (χ2v) is 0.436. The predicted octanol–water partition coefficient (Wildman–Crippen LogP) is 0.786. The zero-order chi connectivity index (χ0) is 4.12. The molecule has 0 unspecified atom stereocenters. The minimum Gasteiger partial charge on any atom is -0.494 e. The fraction of sp³-hybridized carbons (Fsp3) is 0. The molecule has 0 aromatic rings. The van der Waals surface area contributed by atoms with Gasteiger partial charge in [0, 0.05) is 32.7 Å². The second-order valence-electron chi connectivity index (χ2n) is 0.436. The Morgan fingerprint density at radius 3 is 2.33 bits per heavy atom. The van der Waals surface area contributed by atoms with Gasteiger partial charge in [0.25, 0.3) is 0 Å². The summed E-state index contributed by atoms with van der Waals surface area (Å²) in [6, 6.07) is 0. The number of nitrogens with zero attached hydrogens (tertiary/aromatic N) is 1. The summed E-state index contributed by atoms with van der Waals surface area (Å²) in [4.78, 5) is 3.26. The molecule has 0 aliphatic carbocycles. The van der Waals surface area contributed by atoms with Crippen molar-refractivity contribution in [2.45, 2.75) is 0 Å². The SMILES string of the molecule is [CH-]=CN=C=C.[Y]. The van der Waals surface area contributed by atoms with Crippen molar-refractivity contribution in [1.29, 1.82) is 0 Å². The average molecular weight is 155 g/mol. The molecule has 0 amide bonds. The molecule has 6 heavy (non-hydrogen) atoms. The van der Waals surface area contributed by atoms with Gasteiger partial charge in [0.05, 0.1) is 0 Å². The fourth-order valence-electron chi connectivity index (χ4n) is 0.0527. The summed E-state index contributed by atoms with van der Waals surface area (Å²) in [5.41, 5.74) is 0. The van der Waals surface area contributed by atoms with Crippen LogP contribution in [0.3, 0.4) is 0 Å². The molecule has 0 N–H and O–H groups in total. The van der Waals surface area contributed by atoms with Crippen LogP contribution in [-0.2, 0) is 32.7 Å². The van der Waals surface area contributed by atoms with E-state index in [-0.39, 0.29) is 32.7 Å². The number of hydrogen-bond acceptors (Lipinski definition) is 1. The first-order valence-electron chi connectivity index (χ1n) is 1.17. The van der Waals surface area contributed by atoms with Crippen molar-refractivity contribution in [2.75, 3.05) is 0 Å². The molecule has 0 fully saturated rings. The van der Waals surface area contributed by atoms with E-state index in [2.05, 4.69) is 17.4 Å². The van der Waals surface area contributed by atoms with Crippen molar-refractivity contribution in [3.05, 3.63) is 19.4 Å². The third-order valence-corrected chi connectivity index (χ3v) is 0.166. The van der Waals surface area contributed by atoms with Crippen LogP contribution in [0.2, 0.25) is 0 Å². The maximum atomic E-state index is 4.74. The van der Waals surface area contributed by atoms with E-state index in [1.54, 1.807) is 0 Å². The zero-order valence-corrected chi connectivity index (χ0v) is 6.22. The molecule has 0 aliphatic heterocycles. The first-order valence-corrected chi connectivity index (χ1v) is 1.17. The molecule has 0 aromatic heterocycles. The van der Waals surface area contributed by atoms with Gasteiger partial charge in [-0.05, 0) is 12.4 Å². The molecule has 0 saturated heterocycles. The molecule has 0 aromatic carbocycles. The van der Waals surface area contributed by atoms with E-state index < -0.39 is 0 Å². The van der Waals surface area contributed by atoms with Gasteiger partial charge in [-0.2, -0.15) is 0 Å². The molecule has 0 spiro atoms. The number of rotatable bonds is 1. The van der Waals surface area contributed by atoms with Crippen LogP contribution in [0.5, 0.6) is 0 Å². The standard InChI is InChI=1S/C4H4N.Y/c1-3-5-4-2;/h1,3H,2H2;/q-1;. The Kier molecular flexibility index (Phi) is 14.3.